The van der Waals surface area contributed by atoms with Gasteiger partial charge in [0.05, 0.1) is 5.02 Å². The van der Waals surface area contributed by atoms with Crippen LogP contribution in [0.3, 0.4) is 0 Å². The number of aryl methyl sites for hydroxylation is 2. The number of ether oxygens (including phenoxy) is 1. The van der Waals surface area contributed by atoms with Gasteiger partial charge in [0.2, 0.25) is 10.0 Å². The Morgan fingerprint density at radius 1 is 1.42 bits per heavy atom. The molecule has 2 aromatic rings. The van der Waals surface area contributed by atoms with Crippen molar-refractivity contribution in [2.24, 2.45) is 0 Å². The Morgan fingerprint density at radius 2 is 2.15 bits per heavy atom. The van der Waals surface area contributed by atoms with E-state index in [1.54, 1.807) is 25.1 Å². The van der Waals surface area contributed by atoms with Gasteiger partial charge in [0, 0.05) is 11.0 Å². The van der Waals surface area contributed by atoms with E-state index >= 15 is 0 Å². The first-order valence-electron chi connectivity index (χ1n) is 7.83. The lowest BCUT2D eigenvalue weighted by Crippen LogP contribution is -2.42. The van der Waals surface area contributed by atoms with Crippen molar-refractivity contribution >= 4 is 43.5 Å². The Hall–Kier alpha value is -1.42. The topological polar surface area (TPSA) is 89.7 Å². The number of esters is 1. The number of nitrogens with zero attached hydrogens (tertiary/aromatic N) is 2. The predicted molar refractivity (Wildman–Crippen MR) is 97.7 cm³/mol. The molecule has 1 aliphatic rings. The highest BCUT2D eigenvalue weighted by Gasteiger charge is 2.43. The third-order valence-electron chi connectivity index (χ3n) is 4.11. The summed E-state index contributed by atoms with van der Waals surface area (Å²) in [7, 11) is -3.92. The summed E-state index contributed by atoms with van der Waals surface area (Å²) in [6.07, 6.45) is 0.923. The van der Waals surface area contributed by atoms with Gasteiger partial charge in [-0.05, 0) is 44.9 Å². The number of hydrogen-bond acceptors (Lipinski definition) is 6. The van der Waals surface area contributed by atoms with Crippen molar-refractivity contribution in [2.75, 3.05) is 6.54 Å². The maximum absolute atomic E-state index is 13.0. The van der Waals surface area contributed by atoms with E-state index < -0.39 is 22.0 Å². The number of carbonyl (C=O) groups is 1. The standard InChI is InChI=1S/C16H16BrClN2O5S/c1-9-15(10(2)25-19-9)26(22,23)20-7-3-4-13(20)16(21)24-14-6-5-11(17)8-12(14)18/h5-6,8,13H,3-4,7H2,1-2H3. The Morgan fingerprint density at radius 3 is 2.77 bits per heavy atom. The third kappa shape index (κ3) is 3.53. The maximum Gasteiger partial charge on any atom is 0.329 e. The second-order valence-electron chi connectivity index (χ2n) is 5.92. The molecule has 1 fully saturated rings. The van der Waals surface area contributed by atoms with E-state index in [-0.39, 0.29) is 33.7 Å². The van der Waals surface area contributed by atoms with E-state index in [0.717, 1.165) is 8.78 Å². The summed E-state index contributed by atoms with van der Waals surface area (Å²) in [5.41, 5.74) is 0.262. The highest BCUT2D eigenvalue weighted by atomic mass is 79.9. The van der Waals surface area contributed by atoms with Crippen LogP contribution >= 0.6 is 27.5 Å². The van der Waals surface area contributed by atoms with Crippen LogP contribution < -0.4 is 4.74 Å². The monoisotopic (exact) mass is 462 g/mol. The Balaban J connectivity index is 1.87. The Kier molecular flexibility index (Phi) is 5.43. The van der Waals surface area contributed by atoms with Gasteiger partial charge in [0.15, 0.2) is 5.76 Å². The van der Waals surface area contributed by atoms with Crippen LogP contribution in [0.2, 0.25) is 5.02 Å². The van der Waals surface area contributed by atoms with Gasteiger partial charge in [-0.3, -0.25) is 0 Å². The lowest BCUT2D eigenvalue weighted by Gasteiger charge is -2.22. The summed E-state index contributed by atoms with van der Waals surface area (Å²) < 4.78 is 38.2. The normalized spacial score (nSPS) is 18.2. The fourth-order valence-electron chi connectivity index (χ4n) is 2.96. The van der Waals surface area contributed by atoms with Gasteiger partial charge in [-0.1, -0.05) is 32.7 Å². The summed E-state index contributed by atoms with van der Waals surface area (Å²) in [5, 5.41) is 3.95. The summed E-state index contributed by atoms with van der Waals surface area (Å²) in [5.74, 6) is -0.291. The molecule has 1 atom stereocenters. The summed E-state index contributed by atoms with van der Waals surface area (Å²) in [6, 6.07) is 3.90. The number of benzene rings is 1. The maximum atomic E-state index is 13.0. The van der Waals surface area contributed by atoms with Crippen LogP contribution in [0.5, 0.6) is 5.75 Å². The van der Waals surface area contributed by atoms with Crippen LogP contribution in [0.4, 0.5) is 0 Å². The van der Waals surface area contributed by atoms with Crippen molar-refractivity contribution in [2.45, 2.75) is 37.6 Å². The highest BCUT2D eigenvalue weighted by Crippen LogP contribution is 2.32. The molecule has 140 valence electrons. The van der Waals surface area contributed by atoms with Gasteiger partial charge in [-0.15, -0.1) is 0 Å². The quantitative estimate of drug-likeness (QED) is 0.509. The van der Waals surface area contributed by atoms with Crippen molar-refractivity contribution < 1.29 is 22.5 Å². The molecule has 0 radical (unpaired) electrons. The first kappa shape index (κ1) is 19.3. The van der Waals surface area contributed by atoms with Gasteiger partial charge in [0.1, 0.15) is 22.4 Å². The summed E-state index contributed by atoms with van der Waals surface area (Å²) in [6.45, 7) is 3.30. The summed E-state index contributed by atoms with van der Waals surface area (Å²) in [4.78, 5) is 12.6. The van der Waals surface area contributed by atoms with Crippen molar-refractivity contribution in [3.8, 4) is 5.75 Å². The lowest BCUT2D eigenvalue weighted by molar-refractivity contribution is -0.137. The molecule has 1 aliphatic heterocycles. The van der Waals surface area contributed by atoms with E-state index in [2.05, 4.69) is 21.1 Å². The minimum atomic E-state index is -3.92. The second-order valence-corrected chi connectivity index (χ2v) is 9.07. The molecular weight excluding hydrogens is 448 g/mol. The van der Waals surface area contributed by atoms with Crippen LogP contribution in [0.25, 0.3) is 0 Å². The fourth-order valence-corrected chi connectivity index (χ4v) is 5.61. The van der Waals surface area contributed by atoms with Gasteiger partial charge < -0.3 is 9.26 Å². The molecule has 2 heterocycles. The molecule has 1 aromatic carbocycles. The smallest absolute Gasteiger partial charge is 0.329 e. The van der Waals surface area contributed by atoms with E-state index in [1.807, 2.05) is 0 Å². The fraction of sp³-hybridized carbons (Fsp3) is 0.375. The summed E-state index contributed by atoms with van der Waals surface area (Å²) >= 11 is 9.34. The molecule has 0 amide bonds. The number of halogens is 2. The van der Waals surface area contributed by atoms with Crippen molar-refractivity contribution in [3.05, 3.63) is 39.1 Å². The molecule has 7 nitrogen and oxygen atoms in total. The van der Waals surface area contributed by atoms with E-state index in [1.165, 1.54) is 6.92 Å². The van der Waals surface area contributed by atoms with Crippen LogP contribution in [0.15, 0.2) is 32.1 Å². The second kappa shape index (κ2) is 7.30. The molecular formula is C16H16BrClN2O5S. The van der Waals surface area contributed by atoms with Crippen LogP contribution in [0.1, 0.15) is 24.3 Å². The zero-order chi connectivity index (χ0) is 19.1. The average molecular weight is 464 g/mol. The van der Waals surface area contributed by atoms with Crippen molar-refractivity contribution in [1.82, 2.24) is 9.46 Å². The molecule has 26 heavy (non-hydrogen) atoms. The average Bonchev–Trinajstić information content (AvgIpc) is 3.17. The molecule has 0 spiro atoms. The van der Waals surface area contributed by atoms with Gasteiger partial charge >= 0.3 is 5.97 Å². The zero-order valence-electron chi connectivity index (χ0n) is 14.0. The molecule has 0 saturated carbocycles. The molecule has 10 heteroatoms. The first-order chi connectivity index (χ1) is 12.2. The first-order valence-corrected chi connectivity index (χ1v) is 10.4. The van der Waals surface area contributed by atoms with Gasteiger partial charge in [-0.2, -0.15) is 4.31 Å². The predicted octanol–water partition coefficient (Wildman–Crippen LogP) is 3.47. The number of aromatic nitrogens is 1. The molecule has 1 unspecified atom stereocenters. The van der Waals surface area contributed by atoms with Crippen LogP contribution in [-0.2, 0) is 14.8 Å². The van der Waals surface area contributed by atoms with E-state index in [9.17, 15) is 13.2 Å². The molecule has 0 aliphatic carbocycles. The minimum absolute atomic E-state index is 0.00104. The van der Waals surface area contributed by atoms with Crippen LogP contribution in [-0.4, -0.2) is 36.4 Å². The third-order valence-corrected chi connectivity index (χ3v) is 7.06. The van der Waals surface area contributed by atoms with Crippen LogP contribution in [0, 0.1) is 13.8 Å². The number of carbonyl (C=O) groups excluding carboxylic acids is 1. The Bertz CT molecular complexity index is 940. The largest absolute Gasteiger partial charge is 0.424 e. The number of sulfonamides is 1. The van der Waals surface area contributed by atoms with Gasteiger partial charge in [-0.25, -0.2) is 13.2 Å². The molecule has 0 N–H and O–H groups in total. The van der Waals surface area contributed by atoms with Gasteiger partial charge in [0.25, 0.3) is 0 Å². The Labute approximate surface area is 164 Å². The van der Waals surface area contributed by atoms with Crippen molar-refractivity contribution in [3.63, 3.8) is 0 Å². The molecule has 3 rings (SSSR count). The SMILES string of the molecule is Cc1noc(C)c1S(=O)(=O)N1CCCC1C(=O)Oc1ccc(Br)cc1Cl. The number of rotatable bonds is 4. The van der Waals surface area contributed by atoms with E-state index in [4.69, 9.17) is 20.9 Å². The van der Waals surface area contributed by atoms with E-state index in [0.29, 0.717) is 12.8 Å². The number of hydrogen-bond donors (Lipinski definition) is 0. The molecule has 1 saturated heterocycles. The molecule has 1 aromatic heterocycles. The minimum Gasteiger partial charge on any atom is -0.424 e. The van der Waals surface area contributed by atoms with Crippen molar-refractivity contribution in [1.29, 1.82) is 0 Å². The lowest BCUT2D eigenvalue weighted by atomic mass is 10.2. The highest BCUT2D eigenvalue weighted by molar-refractivity contribution is 9.10. The molecule has 0 bridgehead atoms. The zero-order valence-corrected chi connectivity index (χ0v) is 17.2.